The second-order valence-electron chi connectivity index (χ2n) is 5.87. The van der Waals surface area contributed by atoms with Crippen molar-refractivity contribution >= 4 is 42.5 Å². The molecule has 0 amide bonds. The molecule has 0 spiro atoms. The van der Waals surface area contributed by atoms with E-state index in [0.717, 1.165) is 31.7 Å². The lowest BCUT2D eigenvalue weighted by Crippen LogP contribution is -2.25. The summed E-state index contributed by atoms with van der Waals surface area (Å²) in [5, 5.41) is 2.05. The van der Waals surface area contributed by atoms with Gasteiger partial charge in [-0.15, -0.1) is 11.3 Å². The van der Waals surface area contributed by atoms with E-state index >= 15 is 0 Å². The lowest BCUT2D eigenvalue weighted by molar-refractivity contribution is 0.582. The van der Waals surface area contributed by atoms with Crippen molar-refractivity contribution in [3.05, 3.63) is 59.2 Å². The Morgan fingerprint density at radius 1 is 1.20 bits per heavy atom. The number of rotatable bonds is 5. The molecule has 0 radical (unpaired) electrons. The molecule has 25 heavy (non-hydrogen) atoms. The third-order valence-corrected chi connectivity index (χ3v) is 6.55. The van der Waals surface area contributed by atoms with Crippen LogP contribution in [0.2, 0.25) is 0 Å². The Morgan fingerprint density at radius 2 is 2.04 bits per heavy atom. The molecule has 0 aliphatic carbocycles. The molecule has 7 heteroatoms. The Balaban J connectivity index is 1.50. The normalized spacial score (nSPS) is 12.2. The van der Waals surface area contributed by atoms with E-state index in [9.17, 15) is 8.42 Å². The first-order valence-corrected chi connectivity index (χ1v) is 10.2. The van der Waals surface area contributed by atoms with Crippen LogP contribution in [0.4, 0.5) is 0 Å². The Morgan fingerprint density at radius 3 is 2.92 bits per heavy atom. The fraction of sp³-hybridized carbons (Fsp3) is 0.167. The predicted octanol–water partition coefficient (Wildman–Crippen LogP) is 3.61. The van der Waals surface area contributed by atoms with Crippen molar-refractivity contribution in [1.29, 1.82) is 0 Å². The number of nitrogens with one attached hydrogen (secondary N) is 2. The topological polar surface area (TPSA) is 74.8 Å². The molecule has 0 aliphatic rings. The van der Waals surface area contributed by atoms with Crippen molar-refractivity contribution in [1.82, 2.24) is 14.7 Å². The standard InChI is InChI=1S/C18H17N3O2S2/c1-12-21-17-10-14(6-7-18(17)24-12)25(22,23)20-9-8-13-11-19-16-5-3-2-4-15(13)16/h2-7,10-11,19-20H,8-9H2,1H3. The minimum absolute atomic E-state index is 0.254. The summed E-state index contributed by atoms with van der Waals surface area (Å²) in [6.45, 7) is 2.26. The van der Waals surface area contributed by atoms with Gasteiger partial charge in [0, 0.05) is 23.6 Å². The number of aryl methyl sites for hydroxylation is 1. The summed E-state index contributed by atoms with van der Waals surface area (Å²) >= 11 is 1.56. The molecule has 0 fully saturated rings. The van der Waals surface area contributed by atoms with E-state index in [1.165, 1.54) is 0 Å². The summed E-state index contributed by atoms with van der Waals surface area (Å²) in [6.07, 6.45) is 2.56. The first-order chi connectivity index (χ1) is 12.0. The Labute approximate surface area is 149 Å². The van der Waals surface area contributed by atoms with Gasteiger partial charge in [-0.25, -0.2) is 18.1 Å². The van der Waals surface area contributed by atoms with Crippen LogP contribution < -0.4 is 4.72 Å². The van der Waals surface area contributed by atoms with Crippen molar-refractivity contribution < 1.29 is 8.42 Å². The summed E-state index contributed by atoms with van der Waals surface area (Å²) in [5.41, 5.74) is 2.88. The predicted molar refractivity (Wildman–Crippen MR) is 102 cm³/mol. The molecule has 0 unspecified atom stereocenters. The molecule has 2 aromatic carbocycles. The van der Waals surface area contributed by atoms with Crippen molar-refractivity contribution in [3.8, 4) is 0 Å². The first kappa shape index (κ1) is 16.3. The van der Waals surface area contributed by atoms with Crippen LogP contribution in [0.5, 0.6) is 0 Å². The number of para-hydroxylation sites is 1. The number of benzene rings is 2. The molecule has 5 nitrogen and oxygen atoms in total. The lowest BCUT2D eigenvalue weighted by atomic mass is 10.1. The van der Waals surface area contributed by atoms with Gasteiger partial charge in [-0.2, -0.15) is 0 Å². The zero-order valence-electron chi connectivity index (χ0n) is 13.6. The molecule has 2 heterocycles. The summed E-state index contributed by atoms with van der Waals surface area (Å²) in [6, 6.07) is 13.1. The molecule has 4 rings (SSSR count). The molecule has 2 aromatic heterocycles. The van der Waals surface area contributed by atoms with E-state index in [2.05, 4.69) is 14.7 Å². The number of fused-ring (bicyclic) bond motifs is 2. The summed E-state index contributed by atoms with van der Waals surface area (Å²) in [7, 11) is -3.54. The minimum Gasteiger partial charge on any atom is -0.361 e. The molecule has 0 saturated heterocycles. The zero-order valence-corrected chi connectivity index (χ0v) is 15.2. The molecular weight excluding hydrogens is 354 g/mol. The molecule has 0 atom stereocenters. The maximum Gasteiger partial charge on any atom is 0.240 e. The van der Waals surface area contributed by atoms with Gasteiger partial charge < -0.3 is 4.98 Å². The van der Waals surface area contributed by atoms with Gasteiger partial charge in [0.15, 0.2) is 0 Å². The Kier molecular flexibility index (Phi) is 4.07. The SMILES string of the molecule is Cc1nc2cc(S(=O)(=O)NCCc3c[nH]c4ccccc34)ccc2s1. The van der Waals surface area contributed by atoms with Crippen LogP contribution in [0.3, 0.4) is 0 Å². The van der Waals surface area contributed by atoms with Gasteiger partial charge in [0.05, 0.1) is 20.1 Å². The Bertz CT molecular complexity index is 1160. The van der Waals surface area contributed by atoms with Crippen molar-refractivity contribution in [2.75, 3.05) is 6.54 Å². The maximum absolute atomic E-state index is 12.5. The average molecular weight is 371 g/mol. The van der Waals surface area contributed by atoms with Crippen LogP contribution >= 0.6 is 11.3 Å². The Hall–Kier alpha value is -2.22. The number of sulfonamides is 1. The highest BCUT2D eigenvalue weighted by molar-refractivity contribution is 7.89. The summed E-state index contributed by atoms with van der Waals surface area (Å²) < 4.78 is 28.7. The van der Waals surface area contributed by atoms with E-state index in [1.54, 1.807) is 23.5 Å². The monoisotopic (exact) mass is 371 g/mol. The zero-order chi connectivity index (χ0) is 17.4. The van der Waals surface area contributed by atoms with Crippen molar-refractivity contribution in [2.45, 2.75) is 18.2 Å². The number of aromatic nitrogens is 2. The molecule has 2 N–H and O–H groups in total. The largest absolute Gasteiger partial charge is 0.361 e. The van der Waals surface area contributed by atoms with Crippen LogP contribution in [0, 0.1) is 6.92 Å². The van der Waals surface area contributed by atoms with Crippen LogP contribution in [0.25, 0.3) is 21.1 Å². The van der Waals surface area contributed by atoms with Gasteiger partial charge in [0.2, 0.25) is 10.0 Å². The number of H-pyrrole nitrogens is 1. The van der Waals surface area contributed by atoms with E-state index in [4.69, 9.17) is 0 Å². The van der Waals surface area contributed by atoms with Gasteiger partial charge in [-0.05, 0) is 43.2 Å². The van der Waals surface area contributed by atoms with Gasteiger partial charge in [0.1, 0.15) is 0 Å². The quantitative estimate of drug-likeness (QED) is 0.563. The second-order valence-corrected chi connectivity index (χ2v) is 8.87. The summed E-state index contributed by atoms with van der Waals surface area (Å²) in [5.74, 6) is 0. The van der Waals surface area contributed by atoms with E-state index in [-0.39, 0.29) is 4.90 Å². The van der Waals surface area contributed by atoms with Crippen LogP contribution in [-0.4, -0.2) is 24.9 Å². The summed E-state index contributed by atoms with van der Waals surface area (Å²) in [4.78, 5) is 7.82. The number of aromatic amines is 1. The number of hydrogen-bond donors (Lipinski definition) is 2. The van der Waals surface area contributed by atoms with Gasteiger partial charge in [-0.1, -0.05) is 18.2 Å². The van der Waals surface area contributed by atoms with Gasteiger partial charge >= 0.3 is 0 Å². The highest BCUT2D eigenvalue weighted by Crippen LogP contribution is 2.24. The van der Waals surface area contributed by atoms with Crippen molar-refractivity contribution in [3.63, 3.8) is 0 Å². The number of thiazole rings is 1. The van der Waals surface area contributed by atoms with Crippen LogP contribution in [-0.2, 0) is 16.4 Å². The first-order valence-electron chi connectivity index (χ1n) is 7.95. The molecule has 0 aliphatic heterocycles. The van der Waals surface area contributed by atoms with E-state index in [1.807, 2.05) is 43.5 Å². The van der Waals surface area contributed by atoms with Crippen LogP contribution in [0.15, 0.2) is 53.6 Å². The molecular formula is C18H17N3O2S2. The van der Waals surface area contributed by atoms with Gasteiger partial charge in [-0.3, -0.25) is 0 Å². The minimum atomic E-state index is -3.54. The third-order valence-electron chi connectivity index (χ3n) is 4.14. The molecule has 4 aromatic rings. The fourth-order valence-corrected chi connectivity index (χ4v) is 4.79. The van der Waals surface area contributed by atoms with Crippen LogP contribution in [0.1, 0.15) is 10.6 Å². The molecule has 128 valence electrons. The molecule has 0 saturated carbocycles. The second kappa shape index (κ2) is 6.25. The number of nitrogens with zero attached hydrogens (tertiary/aromatic N) is 1. The van der Waals surface area contributed by atoms with Crippen molar-refractivity contribution in [2.24, 2.45) is 0 Å². The fourth-order valence-electron chi connectivity index (χ4n) is 2.93. The highest BCUT2D eigenvalue weighted by atomic mass is 32.2. The van der Waals surface area contributed by atoms with E-state index < -0.39 is 10.0 Å². The average Bonchev–Trinajstić information content (AvgIpc) is 3.16. The number of hydrogen-bond acceptors (Lipinski definition) is 4. The van der Waals surface area contributed by atoms with Gasteiger partial charge in [0.25, 0.3) is 0 Å². The van der Waals surface area contributed by atoms with E-state index in [0.29, 0.717) is 13.0 Å². The molecule has 0 bridgehead atoms. The third kappa shape index (κ3) is 3.18. The smallest absolute Gasteiger partial charge is 0.240 e. The maximum atomic E-state index is 12.5. The lowest BCUT2D eigenvalue weighted by Gasteiger charge is -2.06. The highest BCUT2D eigenvalue weighted by Gasteiger charge is 2.15.